The van der Waals surface area contributed by atoms with E-state index in [0.717, 1.165) is 11.3 Å². The van der Waals surface area contributed by atoms with Gasteiger partial charge in [0.1, 0.15) is 0 Å². The SMILES string of the molecule is COc1cc(/C=C/C(=O)Nc2ccccc2)ccc1OCC(N)=O. The molecule has 2 rings (SSSR count). The molecule has 0 saturated heterocycles. The fourth-order valence-corrected chi connectivity index (χ4v) is 1.93. The van der Waals surface area contributed by atoms with E-state index in [2.05, 4.69) is 5.32 Å². The van der Waals surface area contributed by atoms with E-state index in [0.29, 0.717) is 11.5 Å². The molecule has 0 bridgehead atoms. The Morgan fingerprint density at radius 3 is 2.54 bits per heavy atom. The topological polar surface area (TPSA) is 90.7 Å². The van der Waals surface area contributed by atoms with Crippen LogP contribution in [0.4, 0.5) is 5.69 Å². The van der Waals surface area contributed by atoms with Gasteiger partial charge in [0, 0.05) is 11.8 Å². The van der Waals surface area contributed by atoms with Crippen LogP contribution in [0.5, 0.6) is 11.5 Å². The van der Waals surface area contributed by atoms with Crippen LogP contribution in [0.25, 0.3) is 6.08 Å². The van der Waals surface area contributed by atoms with Gasteiger partial charge in [-0.15, -0.1) is 0 Å². The third-order valence-electron chi connectivity index (χ3n) is 3.03. The van der Waals surface area contributed by atoms with Crippen molar-refractivity contribution in [2.24, 2.45) is 5.73 Å². The number of amides is 2. The number of methoxy groups -OCH3 is 1. The van der Waals surface area contributed by atoms with Gasteiger partial charge in [-0.3, -0.25) is 9.59 Å². The van der Waals surface area contributed by atoms with E-state index in [1.54, 1.807) is 36.4 Å². The van der Waals surface area contributed by atoms with E-state index in [1.165, 1.54) is 13.2 Å². The van der Waals surface area contributed by atoms with Gasteiger partial charge >= 0.3 is 0 Å². The molecule has 6 heteroatoms. The number of hydrogen-bond acceptors (Lipinski definition) is 4. The van der Waals surface area contributed by atoms with E-state index < -0.39 is 5.91 Å². The summed E-state index contributed by atoms with van der Waals surface area (Å²) in [6.07, 6.45) is 3.07. The van der Waals surface area contributed by atoms with Gasteiger partial charge in [0.15, 0.2) is 18.1 Å². The van der Waals surface area contributed by atoms with Crippen molar-refractivity contribution in [3.63, 3.8) is 0 Å². The van der Waals surface area contributed by atoms with Crippen LogP contribution in [-0.2, 0) is 9.59 Å². The van der Waals surface area contributed by atoms with Gasteiger partial charge in [0.25, 0.3) is 5.91 Å². The second-order valence-corrected chi connectivity index (χ2v) is 4.85. The molecule has 0 heterocycles. The summed E-state index contributed by atoms with van der Waals surface area (Å²) >= 11 is 0. The van der Waals surface area contributed by atoms with Crippen molar-refractivity contribution in [2.75, 3.05) is 19.0 Å². The van der Waals surface area contributed by atoms with Crippen LogP contribution in [0.15, 0.2) is 54.6 Å². The number of carbonyl (C=O) groups excluding carboxylic acids is 2. The highest BCUT2D eigenvalue weighted by molar-refractivity contribution is 6.01. The van der Waals surface area contributed by atoms with E-state index >= 15 is 0 Å². The van der Waals surface area contributed by atoms with Crippen molar-refractivity contribution in [2.45, 2.75) is 0 Å². The lowest BCUT2D eigenvalue weighted by Gasteiger charge is -2.10. The predicted molar refractivity (Wildman–Crippen MR) is 91.8 cm³/mol. The average molecular weight is 326 g/mol. The molecule has 0 aromatic heterocycles. The zero-order valence-electron chi connectivity index (χ0n) is 13.2. The molecule has 0 saturated carbocycles. The minimum atomic E-state index is -0.571. The van der Waals surface area contributed by atoms with Gasteiger partial charge in [-0.2, -0.15) is 0 Å². The fraction of sp³-hybridized carbons (Fsp3) is 0.111. The molecule has 3 N–H and O–H groups in total. The normalized spacial score (nSPS) is 10.4. The summed E-state index contributed by atoms with van der Waals surface area (Å²) in [5.41, 5.74) is 6.52. The second kappa shape index (κ2) is 8.38. The summed E-state index contributed by atoms with van der Waals surface area (Å²) in [4.78, 5) is 22.6. The fourth-order valence-electron chi connectivity index (χ4n) is 1.93. The largest absolute Gasteiger partial charge is 0.493 e. The lowest BCUT2D eigenvalue weighted by atomic mass is 10.2. The number of carbonyl (C=O) groups is 2. The summed E-state index contributed by atoms with van der Waals surface area (Å²) in [7, 11) is 1.49. The number of nitrogens with one attached hydrogen (secondary N) is 1. The summed E-state index contributed by atoms with van der Waals surface area (Å²) in [6, 6.07) is 14.3. The summed E-state index contributed by atoms with van der Waals surface area (Å²) in [5, 5.41) is 2.75. The highest BCUT2D eigenvalue weighted by Crippen LogP contribution is 2.28. The Hall–Kier alpha value is -3.28. The number of primary amides is 1. The van der Waals surface area contributed by atoms with Crippen LogP contribution in [-0.4, -0.2) is 25.5 Å². The Bertz CT molecular complexity index is 742. The molecule has 2 aromatic carbocycles. The van der Waals surface area contributed by atoms with Crippen LogP contribution in [0.3, 0.4) is 0 Å². The van der Waals surface area contributed by atoms with Crippen LogP contribution in [0.2, 0.25) is 0 Å². The zero-order valence-corrected chi connectivity index (χ0v) is 13.2. The van der Waals surface area contributed by atoms with Crippen LogP contribution in [0.1, 0.15) is 5.56 Å². The molecule has 124 valence electrons. The third kappa shape index (κ3) is 5.17. The van der Waals surface area contributed by atoms with Gasteiger partial charge in [-0.05, 0) is 35.9 Å². The Kier molecular flexibility index (Phi) is 5.96. The first kappa shape index (κ1) is 17.1. The molecule has 0 spiro atoms. The van der Waals surface area contributed by atoms with E-state index in [4.69, 9.17) is 15.2 Å². The molecule has 0 aliphatic rings. The maximum atomic E-state index is 11.9. The molecule has 0 aliphatic carbocycles. The van der Waals surface area contributed by atoms with Crippen molar-refractivity contribution in [3.8, 4) is 11.5 Å². The van der Waals surface area contributed by atoms with Crippen LogP contribution in [0, 0.1) is 0 Å². The Morgan fingerprint density at radius 2 is 1.88 bits per heavy atom. The predicted octanol–water partition coefficient (Wildman–Crippen LogP) is 2.21. The van der Waals surface area contributed by atoms with Gasteiger partial charge < -0.3 is 20.5 Å². The van der Waals surface area contributed by atoms with Gasteiger partial charge in [0.2, 0.25) is 5.91 Å². The molecular formula is C18H18N2O4. The Labute approximate surface area is 139 Å². The molecule has 0 fully saturated rings. The quantitative estimate of drug-likeness (QED) is 0.763. The smallest absolute Gasteiger partial charge is 0.255 e. The van der Waals surface area contributed by atoms with E-state index in [1.807, 2.05) is 18.2 Å². The summed E-state index contributed by atoms with van der Waals surface area (Å²) < 4.78 is 10.5. The standard InChI is InChI=1S/C18H18N2O4/c1-23-16-11-13(7-9-15(16)24-12-17(19)21)8-10-18(22)20-14-5-3-2-4-6-14/h2-11H,12H2,1H3,(H2,19,21)(H,20,22)/b10-8+. The highest BCUT2D eigenvalue weighted by Gasteiger charge is 2.06. The van der Waals surface area contributed by atoms with Gasteiger partial charge in [0.05, 0.1) is 7.11 Å². The molecular weight excluding hydrogens is 308 g/mol. The molecule has 2 aromatic rings. The number of benzene rings is 2. The molecule has 2 amide bonds. The van der Waals surface area contributed by atoms with Crippen molar-refractivity contribution < 1.29 is 19.1 Å². The van der Waals surface area contributed by atoms with E-state index in [9.17, 15) is 9.59 Å². The Balaban J connectivity index is 2.03. The van der Waals surface area contributed by atoms with E-state index in [-0.39, 0.29) is 12.5 Å². The average Bonchev–Trinajstić information content (AvgIpc) is 2.59. The number of hydrogen-bond donors (Lipinski definition) is 2. The highest BCUT2D eigenvalue weighted by atomic mass is 16.5. The summed E-state index contributed by atoms with van der Waals surface area (Å²) in [6.45, 7) is -0.231. The number of para-hydroxylation sites is 1. The number of anilines is 1. The van der Waals surface area contributed by atoms with Gasteiger partial charge in [-0.1, -0.05) is 24.3 Å². The number of rotatable bonds is 7. The molecule has 24 heavy (non-hydrogen) atoms. The zero-order chi connectivity index (χ0) is 17.4. The monoisotopic (exact) mass is 326 g/mol. The third-order valence-corrected chi connectivity index (χ3v) is 3.03. The molecule has 6 nitrogen and oxygen atoms in total. The molecule has 0 aliphatic heterocycles. The van der Waals surface area contributed by atoms with Crippen molar-refractivity contribution in [1.82, 2.24) is 0 Å². The number of ether oxygens (including phenoxy) is 2. The van der Waals surface area contributed by atoms with Crippen molar-refractivity contribution in [3.05, 3.63) is 60.2 Å². The van der Waals surface area contributed by atoms with Crippen LogP contribution >= 0.6 is 0 Å². The maximum Gasteiger partial charge on any atom is 0.255 e. The molecule has 0 radical (unpaired) electrons. The maximum absolute atomic E-state index is 11.9. The molecule has 0 unspecified atom stereocenters. The summed E-state index contributed by atoms with van der Waals surface area (Å²) in [5.74, 6) is 0.0388. The first-order valence-corrected chi connectivity index (χ1v) is 7.22. The molecule has 0 atom stereocenters. The van der Waals surface area contributed by atoms with Crippen LogP contribution < -0.4 is 20.5 Å². The Morgan fingerprint density at radius 1 is 1.12 bits per heavy atom. The lowest BCUT2D eigenvalue weighted by Crippen LogP contribution is -2.20. The first-order chi connectivity index (χ1) is 11.6. The minimum absolute atomic E-state index is 0.231. The lowest BCUT2D eigenvalue weighted by molar-refractivity contribution is -0.120. The van der Waals surface area contributed by atoms with Crippen molar-refractivity contribution in [1.29, 1.82) is 0 Å². The van der Waals surface area contributed by atoms with Gasteiger partial charge in [-0.25, -0.2) is 0 Å². The van der Waals surface area contributed by atoms with Crippen molar-refractivity contribution >= 4 is 23.6 Å². The minimum Gasteiger partial charge on any atom is -0.493 e. The second-order valence-electron chi connectivity index (χ2n) is 4.85. The number of nitrogens with two attached hydrogens (primary N) is 1. The first-order valence-electron chi connectivity index (χ1n) is 7.22.